The molecule has 0 spiro atoms. The van der Waals surface area contributed by atoms with Crippen molar-refractivity contribution in [3.63, 3.8) is 0 Å². The van der Waals surface area contributed by atoms with Crippen molar-refractivity contribution >= 4 is 16.0 Å². The van der Waals surface area contributed by atoms with Gasteiger partial charge in [0, 0.05) is 39.8 Å². The van der Waals surface area contributed by atoms with E-state index in [1.54, 1.807) is 7.05 Å². The van der Waals surface area contributed by atoms with Gasteiger partial charge in [0.15, 0.2) is 5.96 Å². The molecular formula is C19H38N4O3S. The zero-order chi connectivity index (χ0) is 19.7. The van der Waals surface area contributed by atoms with Gasteiger partial charge >= 0.3 is 0 Å². The predicted octanol–water partition coefficient (Wildman–Crippen LogP) is 1.81. The number of hydrogen-bond acceptors (Lipinski definition) is 4. The molecule has 27 heavy (non-hydrogen) atoms. The molecule has 2 fully saturated rings. The summed E-state index contributed by atoms with van der Waals surface area (Å²) in [7, 11) is -1.54. The number of hydrogen-bond donors (Lipinski definition) is 2. The van der Waals surface area contributed by atoms with Crippen LogP contribution in [-0.4, -0.2) is 71.0 Å². The first-order valence-corrected chi connectivity index (χ1v) is 12.2. The summed E-state index contributed by atoms with van der Waals surface area (Å²) in [4.78, 5) is 6.61. The van der Waals surface area contributed by atoms with Gasteiger partial charge in [-0.25, -0.2) is 13.1 Å². The van der Waals surface area contributed by atoms with Crippen LogP contribution in [0.15, 0.2) is 4.99 Å². The van der Waals surface area contributed by atoms with Crippen molar-refractivity contribution in [3.05, 3.63) is 0 Å². The van der Waals surface area contributed by atoms with E-state index in [-0.39, 0.29) is 11.9 Å². The summed E-state index contributed by atoms with van der Waals surface area (Å²) in [6, 6.07) is 0. The maximum atomic E-state index is 12.2. The van der Waals surface area contributed by atoms with E-state index in [4.69, 9.17) is 4.74 Å². The molecule has 2 atom stereocenters. The molecule has 8 heteroatoms. The second-order valence-electron chi connectivity index (χ2n) is 7.70. The molecule has 0 bridgehead atoms. The fourth-order valence-corrected chi connectivity index (χ4v) is 5.16. The smallest absolute Gasteiger partial charge is 0.213 e. The van der Waals surface area contributed by atoms with Gasteiger partial charge in [0.2, 0.25) is 10.0 Å². The minimum Gasteiger partial charge on any atom is -0.377 e. The molecule has 0 radical (unpaired) electrons. The highest BCUT2D eigenvalue weighted by molar-refractivity contribution is 7.89. The Labute approximate surface area is 165 Å². The van der Waals surface area contributed by atoms with Crippen LogP contribution in [-0.2, 0) is 14.8 Å². The summed E-state index contributed by atoms with van der Waals surface area (Å²) in [6.07, 6.45) is 6.75. The average Bonchev–Trinajstić information content (AvgIpc) is 3.15. The van der Waals surface area contributed by atoms with Crippen LogP contribution >= 0.6 is 0 Å². The fraction of sp³-hybridized carbons (Fsp3) is 0.947. The highest BCUT2D eigenvalue weighted by Crippen LogP contribution is 2.28. The van der Waals surface area contributed by atoms with Gasteiger partial charge < -0.3 is 15.0 Å². The number of ether oxygens (including phenoxy) is 1. The van der Waals surface area contributed by atoms with Crippen molar-refractivity contribution in [2.75, 3.05) is 45.6 Å². The Hall–Kier alpha value is -0.860. The molecule has 2 heterocycles. The average molecular weight is 403 g/mol. The van der Waals surface area contributed by atoms with E-state index in [0.29, 0.717) is 19.0 Å². The van der Waals surface area contributed by atoms with Gasteiger partial charge in [-0.05, 0) is 37.5 Å². The van der Waals surface area contributed by atoms with Crippen molar-refractivity contribution in [1.82, 2.24) is 14.9 Å². The Bertz CT molecular complexity index is 557. The Morgan fingerprint density at radius 2 is 2.04 bits per heavy atom. The number of nitrogens with zero attached hydrogens (tertiary/aromatic N) is 2. The summed E-state index contributed by atoms with van der Waals surface area (Å²) < 4.78 is 32.7. The Kier molecular flexibility index (Phi) is 9.32. The maximum Gasteiger partial charge on any atom is 0.213 e. The van der Waals surface area contributed by atoms with Gasteiger partial charge in [-0.15, -0.1) is 0 Å². The highest BCUT2D eigenvalue weighted by Gasteiger charge is 2.29. The summed E-state index contributed by atoms with van der Waals surface area (Å²) in [6.45, 7) is 8.00. The normalized spacial score (nSPS) is 24.6. The van der Waals surface area contributed by atoms with E-state index < -0.39 is 10.0 Å². The lowest BCUT2D eigenvalue weighted by atomic mass is 9.87. The van der Waals surface area contributed by atoms with E-state index >= 15 is 0 Å². The third kappa shape index (κ3) is 7.23. The van der Waals surface area contributed by atoms with Crippen molar-refractivity contribution in [2.24, 2.45) is 16.8 Å². The number of likely N-dealkylation sites (tertiary alicyclic amines) is 1. The maximum absolute atomic E-state index is 12.2. The minimum absolute atomic E-state index is 0.0147. The molecule has 0 aliphatic carbocycles. The third-order valence-electron chi connectivity index (χ3n) is 5.91. The van der Waals surface area contributed by atoms with Crippen LogP contribution in [0.25, 0.3) is 0 Å². The lowest BCUT2D eigenvalue weighted by molar-refractivity contribution is 0.0200. The molecule has 2 unspecified atom stereocenters. The SMILES string of the molecule is CCC(CC)C1CCN(C(=NC)NCCS(=O)(=O)NCC2CCCCO2)C1. The first kappa shape index (κ1) is 22.4. The minimum atomic E-state index is -3.31. The van der Waals surface area contributed by atoms with Gasteiger partial charge in [-0.3, -0.25) is 4.99 Å². The predicted molar refractivity (Wildman–Crippen MR) is 110 cm³/mol. The van der Waals surface area contributed by atoms with Gasteiger partial charge in [0.25, 0.3) is 0 Å². The van der Waals surface area contributed by atoms with Crippen molar-refractivity contribution in [1.29, 1.82) is 0 Å². The first-order chi connectivity index (χ1) is 13.0. The van der Waals surface area contributed by atoms with Crippen LogP contribution < -0.4 is 10.0 Å². The summed E-state index contributed by atoms with van der Waals surface area (Å²) >= 11 is 0. The Morgan fingerprint density at radius 1 is 1.26 bits per heavy atom. The van der Waals surface area contributed by atoms with Crippen LogP contribution in [0.2, 0.25) is 0 Å². The third-order valence-corrected chi connectivity index (χ3v) is 7.26. The molecule has 0 saturated carbocycles. The molecule has 0 aromatic rings. The molecular weight excluding hydrogens is 364 g/mol. The molecule has 158 valence electrons. The molecule has 0 amide bonds. The molecule has 2 saturated heterocycles. The van der Waals surface area contributed by atoms with Crippen LogP contribution in [0, 0.1) is 11.8 Å². The van der Waals surface area contributed by atoms with Crippen LogP contribution in [0.5, 0.6) is 0 Å². The number of guanidine groups is 1. The van der Waals surface area contributed by atoms with Crippen molar-refractivity contribution in [2.45, 2.75) is 58.5 Å². The zero-order valence-electron chi connectivity index (χ0n) is 17.2. The molecule has 2 aliphatic heterocycles. The van der Waals surface area contributed by atoms with Gasteiger partial charge in [-0.2, -0.15) is 0 Å². The Morgan fingerprint density at radius 3 is 2.67 bits per heavy atom. The molecule has 2 aliphatic rings. The van der Waals surface area contributed by atoms with Crippen molar-refractivity contribution < 1.29 is 13.2 Å². The summed E-state index contributed by atoms with van der Waals surface area (Å²) in [5, 5.41) is 3.23. The van der Waals surface area contributed by atoms with E-state index in [1.165, 1.54) is 19.3 Å². The first-order valence-electron chi connectivity index (χ1n) is 10.5. The Balaban J connectivity index is 1.72. The number of rotatable bonds is 9. The van der Waals surface area contributed by atoms with Crippen LogP contribution in [0.4, 0.5) is 0 Å². The number of aliphatic imine (C=N–C) groups is 1. The highest BCUT2D eigenvalue weighted by atomic mass is 32.2. The van der Waals surface area contributed by atoms with Gasteiger partial charge in [0.1, 0.15) is 0 Å². The van der Waals surface area contributed by atoms with E-state index in [2.05, 4.69) is 33.8 Å². The zero-order valence-corrected chi connectivity index (χ0v) is 18.1. The van der Waals surface area contributed by atoms with E-state index in [0.717, 1.165) is 50.8 Å². The molecule has 2 rings (SSSR count). The van der Waals surface area contributed by atoms with Gasteiger partial charge in [-0.1, -0.05) is 26.7 Å². The lowest BCUT2D eigenvalue weighted by Crippen LogP contribution is -2.44. The largest absolute Gasteiger partial charge is 0.377 e. The monoisotopic (exact) mass is 402 g/mol. The molecule has 2 N–H and O–H groups in total. The van der Waals surface area contributed by atoms with Gasteiger partial charge in [0.05, 0.1) is 11.9 Å². The van der Waals surface area contributed by atoms with Crippen LogP contribution in [0.1, 0.15) is 52.4 Å². The number of sulfonamides is 1. The summed E-state index contributed by atoms with van der Waals surface area (Å²) in [5.74, 6) is 2.33. The van der Waals surface area contributed by atoms with E-state index in [1.807, 2.05) is 0 Å². The van der Waals surface area contributed by atoms with Crippen LogP contribution in [0.3, 0.4) is 0 Å². The fourth-order valence-electron chi connectivity index (χ4n) is 4.21. The summed E-state index contributed by atoms with van der Waals surface area (Å²) in [5.41, 5.74) is 0. The van der Waals surface area contributed by atoms with Crippen molar-refractivity contribution in [3.8, 4) is 0 Å². The molecule has 0 aromatic carbocycles. The topological polar surface area (TPSA) is 83.0 Å². The molecule has 7 nitrogen and oxygen atoms in total. The quantitative estimate of drug-likeness (QED) is 0.454. The number of nitrogens with one attached hydrogen (secondary N) is 2. The second-order valence-corrected chi connectivity index (χ2v) is 9.63. The van der Waals surface area contributed by atoms with E-state index in [9.17, 15) is 8.42 Å². The molecule has 0 aromatic heterocycles. The lowest BCUT2D eigenvalue weighted by Gasteiger charge is -2.24. The standard InChI is InChI=1S/C19H38N4O3S/c1-4-16(5-2)17-9-11-23(15-17)19(20-3)21-10-13-27(24,25)22-14-18-8-6-7-12-26-18/h16-18,22H,4-15H2,1-3H3,(H,20,21). The second kappa shape index (κ2) is 11.2.